The van der Waals surface area contributed by atoms with Gasteiger partial charge in [-0.1, -0.05) is 19.1 Å². The SMILES string of the molecule is CCCOc1ccc(C2C(C(=O)OC(C)C)=C(C)NC3=C2C(=O)CC(c2ccc(OC)c(OC)c2)C3)cc1OC. The second-order valence-electron chi connectivity index (χ2n) is 10.3. The molecule has 0 radical (unpaired) electrons. The van der Waals surface area contributed by atoms with Gasteiger partial charge in [-0.05, 0) is 74.9 Å². The van der Waals surface area contributed by atoms with E-state index in [4.69, 9.17) is 23.7 Å². The van der Waals surface area contributed by atoms with Crippen LogP contribution in [-0.2, 0) is 14.3 Å². The number of hydrogen-bond acceptors (Lipinski definition) is 8. The van der Waals surface area contributed by atoms with Gasteiger partial charge >= 0.3 is 5.97 Å². The van der Waals surface area contributed by atoms with E-state index in [-0.39, 0.29) is 17.8 Å². The van der Waals surface area contributed by atoms with E-state index in [0.29, 0.717) is 59.3 Å². The summed E-state index contributed by atoms with van der Waals surface area (Å²) < 4.78 is 28.0. The number of nitrogens with one attached hydrogen (secondary N) is 1. The molecule has 8 heteroatoms. The van der Waals surface area contributed by atoms with Crippen molar-refractivity contribution in [1.82, 2.24) is 5.32 Å². The van der Waals surface area contributed by atoms with Crippen LogP contribution in [0.5, 0.6) is 23.0 Å². The van der Waals surface area contributed by atoms with Crippen LogP contribution < -0.4 is 24.3 Å². The number of dihydropyridines is 1. The quantitative estimate of drug-likeness (QED) is 0.371. The van der Waals surface area contributed by atoms with Gasteiger partial charge in [0.15, 0.2) is 28.8 Å². The van der Waals surface area contributed by atoms with Gasteiger partial charge in [-0.25, -0.2) is 4.79 Å². The number of ketones is 1. The number of ether oxygens (including phenoxy) is 5. The van der Waals surface area contributed by atoms with Crippen LogP contribution in [0.1, 0.15) is 69.9 Å². The molecule has 1 aliphatic carbocycles. The number of Topliss-reactive ketones (excluding diaryl/α,β-unsaturated/α-hetero) is 1. The lowest BCUT2D eigenvalue weighted by molar-refractivity contribution is -0.143. The molecule has 1 heterocycles. The van der Waals surface area contributed by atoms with E-state index in [9.17, 15) is 9.59 Å². The minimum Gasteiger partial charge on any atom is -0.493 e. The molecule has 1 N–H and O–H groups in total. The number of methoxy groups -OCH3 is 3. The monoisotopic (exact) mass is 549 g/mol. The molecule has 8 nitrogen and oxygen atoms in total. The molecule has 0 saturated carbocycles. The van der Waals surface area contributed by atoms with Crippen molar-refractivity contribution in [3.8, 4) is 23.0 Å². The van der Waals surface area contributed by atoms with Crippen LogP contribution in [0.3, 0.4) is 0 Å². The van der Waals surface area contributed by atoms with Crippen molar-refractivity contribution >= 4 is 11.8 Å². The smallest absolute Gasteiger partial charge is 0.337 e. The summed E-state index contributed by atoms with van der Waals surface area (Å²) in [6.45, 7) is 8.07. The zero-order chi connectivity index (χ0) is 29.0. The minimum atomic E-state index is -0.601. The van der Waals surface area contributed by atoms with Gasteiger partial charge in [-0.3, -0.25) is 4.79 Å². The first kappa shape index (κ1) is 29.1. The van der Waals surface area contributed by atoms with Crippen molar-refractivity contribution in [2.45, 2.75) is 64.9 Å². The van der Waals surface area contributed by atoms with Crippen LogP contribution in [0, 0.1) is 0 Å². The molecule has 2 unspecified atom stereocenters. The summed E-state index contributed by atoms with van der Waals surface area (Å²) in [5.41, 5.74) is 4.24. The molecule has 2 atom stereocenters. The fourth-order valence-electron chi connectivity index (χ4n) is 5.46. The molecule has 1 aliphatic heterocycles. The third kappa shape index (κ3) is 5.81. The Labute approximate surface area is 236 Å². The topological polar surface area (TPSA) is 92.3 Å². The van der Waals surface area contributed by atoms with Crippen molar-refractivity contribution in [3.63, 3.8) is 0 Å². The van der Waals surface area contributed by atoms with Crippen molar-refractivity contribution in [1.29, 1.82) is 0 Å². The van der Waals surface area contributed by atoms with Crippen LogP contribution in [0.25, 0.3) is 0 Å². The molecular formula is C32H39NO7. The number of hydrogen-bond donors (Lipinski definition) is 1. The van der Waals surface area contributed by atoms with Crippen molar-refractivity contribution < 1.29 is 33.3 Å². The first-order valence-corrected chi connectivity index (χ1v) is 13.7. The summed E-state index contributed by atoms with van der Waals surface area (Å²) >= 11 is 0. The molecule has 0 saturated heterocycles. The molecule has 40 heavy (non-hydrogen) atoms. The predicted octanol–water partition coefficient (Wildman–Crippen LogP) is 5.81. The summed E-state index contributed by atoms with van der Waals surface area (Å²) in [7, 11) is 4.78. The maximum atomic E-state index is 13.9. The molecule has 0 spiro atoms. The Kier molecular flexibility index (Phi) is 9.07. The number of esters is 1. The fraction of sp³-hybridized carbons (Fsp3) is 0.438. The lowest BCUT2D eigenvalue weighted by Gasteiger charge is -2.37. The van der Waals surface area contributed by atoms with Gasteiger partial charge in [-0.15, -0.1) is 0 Å². The highest BCUT2D eigenvalue weighted by atomic mass is 16.5. The largest absolute Gasteiger partial charge is 0.493 e. The maximum Gasteiger partial charge on any atom is 0.337 e. The number of allylic oxidation sites excluding steroid dienone is 3. The predicted molar refractivity (Wildman–Crippen MR) is 152 cm³/mol. The average Bonchev–Trinajstić information content (AvgIpc) is 2.94. The molecule has 2 aliphatic rings. The van der Waals surface area contributed by atoms with E-state index < -0.39 is 11.9 Å². The van der Waals surface area contributed by atoms with Crippen LogP contribution in [0.15, 0.2) is 58.9 Å². The van der Waals surface area contributed by atoms with Crippen LogP contribution in [-0.4, -0.2) is 45.8 Å². The van der Waals surface area contributed by atoms with Gasteiger partial charge in [-0.2, -0.15) is 0 Å². The maximum absolute atomic E-state index is 13.9. The molecule has 0 amide bonds. The summed E-state index contributed by atoms with van der Waals surface area (Å²) in [6.07, 6.45) is 1.45. The van der Waals surface area contributed by atoms with Crippen molar-refractivity contribution in [2.24, 2.45) is 0 Å². The van der Waals surface area contributed by atoms with E-state index in [2.05, 4.69) is 5.32 Å². The molecule has 0 aromatic heterocycles. The molecular weight excluding hydrogens is 510 g/mol. The summed E-state index contributed by atoms with van der Waals surface area (Å²) in [6, 6.07) is 11.4. The highest BCUT2D eigenvalue weighted by Crippen LogP contribution is 2.47. The van der Waals surface area contributed by atoms with Crippen LogP contribution in [0.2, 0.25) is 0 Å². The summed E-state index contributed by atoms with van der Waals surface area (Å²) in [5, 5.41) is 3.40. The van der Waals surface area contributed by atoms with Crippen LogP contribution >= 0.6 is 0 Å². The third-order valence-electron chi connectivity index (χ3n) is 7.25. The second kappa shape index (κ2) is 12.5. The second-order valence-corrected chi connectivity index (χ2v) is 10.3. The molecule has 2 aromatic carbocycles. The lowest BCUT2D eigenvalue weighted by Crippen LogP contribution is -2.36. The number of rotatable bonds is 10. The molecule has 214 valence electrons. The Morgan fingerprint density at radius 1 is 0.925 bits per heavy atom. The van der Waals surface area contributed by atoms with Crippen molar-refractivity contribution in [3.05, 3.63) is 70.1 Å². The van der Waals surface area contributed by atoms with E-state index in [1.807, 2.05) is 64.1 Å². The third-order valence-corrected chi connectivity index (χ3v) is 7.25. The average molecular weight is 550 g/mol. The Balaban J connectivity index is 1.79. The van der Waals surface area contributed by atoms with Gasteiger partial charge in [0.25, 0.3) is 0 Å². The Hall–Kier alpha value is -3.94. The number of benzene rings is 2. The summed E-state index contributed by atoms with van der Waals surface area (Å²) in [4.78, 5) is 27.4. The molecule has 4 rings (SSSR count). The van der Waals surface area contributed by atoms with Gasteiger partial charge in [0, 0.05) is 29.3 Å². The zero-order valence-corrected chi connectivity index (χ0v) is 24.4. The number of carbonyl (C=O) groups excluding carboxylic acids is 2. The highest BCUT2D eigenvalue weighted by Gasteiger charge is 2.42. The van der Waals surface area contributed by atoms with Gasteiger partial charge in [0.2, 0.25) is 0 Å². The van der Waals surface area contributed by atoms with E-state index in [0.717, 1.165) is 23.2 Å². The Morgan fingerprint density at radius 3 is 2.20 bits per heavy atom. The van der Waals surface area contributed by atoms with E-state index in [1.165, 1.54) is 0 Å². The lowest BCUT2D eigenvalue weighted by atomic mass is 9.71. The Morgan fingerprint density at radius 2 is 1.55 bits per heavy atom. The minimum absolute atomic E-state index is 0.0221. The van der Waals surface area contributed by atoms with Crippen LogP contribution in [0.4, 0.5) is 0 Å². The molecule has 2 aromatic rings. The van der Waals surface area contributed by atoms with Gasteiger partial charge < -0.3 is 29.0 Å². The number of carbonyl (C=O) groups is 2. The normalized spacial score (nSPS) is 18.8. The standard InChI is InChI=1S/C32H39NO7/c1-8-13-39-26-12-10-21(17-28(26)38-7)30-29(32(35)40-18(2)3)19(4)33-23-14-22(15-24(34)31(23)30)20-9-11-25(36-5)27(16-20)37-6/h9-12,16-18,22,30,33H,8,13-15H2,1-7H3. The fourth-order valence-corrected chi connectivity index (χ4v) is 5.46. The first-order chi connectivity index (χ1) is 19.2. The van der Waals surface area contributed by atoms with E-state index >= 15 is 0 Å². The zero-order valence-electron chi connectivity index (χ0n) is 24.4. The molecule has 0 bridgehead atoms. The first-order valence-electron chi connectivity index (χ1n) is 13.7. The van der Waals surface area contributed by atoms with Gasteiger partial charge in [0.1, 0.15) is 0 Å². The Bertz CT molecular complexity index is 1340. The van der Waals surface area contributed by atoms with E-state index in [1.54, 1.807) is 21.3 Å². The highest BCUT2D eigenvalue weighted by molar-refractivity contribution is 6.04. The summed E-state index contributed by atoms with van der Waals surface area (Å²) in [5.74, 6) is 1.29. The molecule has 0 fully saturated rings. The van der Waals surface area contributed by atoms with Gasteiger partial charge in [0.05, 0.1) is 39.6 Å². The van der Waals surface area contributed by atoms with Crippen molar-refractivity contribution in [2.75, 3.05) is 27.9 Å².